The molecule has 1 aromatic heterocycles. The van der Waals surface area contributed by atoms with Gasteiger partial charge in [-0.1, -0.05) is 5.21 Å². The van der Waals surface area contributed by atoms with E-state index < -0.39 is 0 Å². The van der Waals surface area contributed by atoms with Crippen molar-refractivity contribution in [3.05, 3.63) is 12.4 Å². The van der Waals surface area contributed by atoms with Crippen molar-refractivity contribution in [2.24, 2.45) is 0 Å². The number of ether oxygens (including phenoxy) is 1. The van der Waals surface area contributed by atoms with Crippen LogP contribution in [0.4, 0.5) is 0 Å². The van der Waals surface area contributed by atoms with E-state index in [4.69, 9.17) is 0 Å². The van der Waals surface area contributed by atoms with Crippen molar-refractivity contribution in [1.82, 2.24) is 24.8 Å². The Bertz CT molecular complexity index is 454. The first-order valence-electron chi connectivity index (χ1n) is 7.10. The van der Waals surface area contributed by atoms with Crippen molar-refractivity contribution in [1.29, 1.82) is 0 Å². The zero-order valence-electron chi connectivity index (χ0n) is 12.3. The van der Waals surface area contributed by atoms with Crippen LogP contribution in [-0.2, 0) is 20.9 Å². The molecule has 2 heterocycles. The lowest BCUT2D eigenvalue weighted by molar-refractivity contribution is -0.141. The van der Waals surface area contributed by atoms with Crippen LogP contribution in [0.2, 0.25) is 0 Å². The summed E-state index contributed by atoms with van der Waals surface area (Å²) in [6.45, 7) is 4.25. The van der Waals surface area contributed by atoms with E-state index in [0.29, 0.717) is 39.0 Å². The third kappa shape index (κ3) is 4.82. The Hall–Kier alpha value is -1.96. The van der Waals surface area contributed by atoms with E-state index in [9.17, 15) is 9.59 Å². The molecule has 1 fully saturated rings. The average molecular weight is 295 g/mol. The fourth-order valence-electron chi connectivity index (χ4n) is 2.29. The van der Waals surface area contributed by atoms with E-state index in [1.165, 1.54) is 7.11 Å². The Kier molecular flexibility index (Phi) is 5.68. The van der Waals surface area contributed by atoms with Crippen molar-refractivity contribution >= 4 is 11.9 Å². The minimum atomic E-state index is -0.193. The zero-order chi connectivity index (χ0) is 15.1. The van der Waals surface area contributed by atoms with Crippen molar-refractivity contribution in [3.63, 3.8) is 0 Å². The van der Waals surface area contributed by atoms with Gasteiger partial charge in [-0.15, -0.1) is 5.10 Å². The molecule has 116 valence electrons. The van der Waals surface area contributed by atoms with Gasteiger partial charge in [-0.05, 0) is 0 Å². The SMILES string of the molecule is COC(=O)CCN1CCN(C(=O)CCn2ccnn2)CC1. The lowest BCUT2D eigenvalue weighted by Crippen LogP contribution is -2.49. The second-order valence-electron chi connectivity index (χ2n) is 4.96. The second kappa shape index (κ2) is 7.72. The van der Waals surface area contributed by atoms with Gasteiger partial charge in [0.1, 0.15) is 0 Å². The number of aromatic nitrogens is 3. The summed E-state index contributed by atoms with van der Waals surface area (Å²) >= 11 is 0. The monoisotopic (exact) mass is 295 g/mol. The topological polar surface area (TPSA) is 80.6 Å². The van der Waals surface area contributed by atoms with Gasteiger partial charge in [0.05, 0.1) is 26.3 Å². The van der Waals surface area contributed by atoms with Crippen LogP contribution in [-0.4, -0.2) is 76.5 Å². The Morgan fingerprint density at radius 2 is 1.90 bits per heavy atom. The number of esters is 1. The van der Waals surface area contributed by atoms with Crippen molar-refractivity contribution in [3.8, 4) is 0 Å². The number of nitrogens with zero attached hydrogens (tertiary/aromatic N) is 5. The molecular formula is C13H21N5O3. The molecule has 0 aromatic carbocycles. The summed E-state index contributed by atoms with van der Waals surface area (Å²) < 4.78 is 6.28. The molecule has 2 rings (SSSR count). The van der Waals surface area contributed by atoms with Crippen molar-refractivity contribution in [2.45, 2.75) is 19.4 Å². The van der Waals surface area contributed by atoms with Crippen molar-refractivity contribution in [2.75, 3.05) is 39.8 Å². The number of carbonyl (C=O) groups excluding carboxylic acids is 2. The highest BCUT2D eigenvalue weighted by atomic mass is 16.5. The molecular weight excluding hydrogens is 274 g/mol. The Labute approximate surface area is 123 Å². The van der Waals surface area contributed by atoms with Gasteiger partial charge in [0.2, 0.25) is 5.91 Å². The van der Waals surface area contributed by atoms with Crippen LogP contribution in [0.3, 0.4) is 0 Å². The van der Waals surface area contributed by atoms with Gasteiger partial charge in [0, 0.05) is 45.3 Å². The first-order valence-corrected chi connectivity index (χ1v) is 7.10. The number of hydrogen-bond donors (Lipinski definition) is 0. The summed E-state index contributed by atoms with van der Waals surface area (Å²) in [6, 6.07) is 0. The molecule has 8 nitrogen and oxygen atoms in total. The van der Waals surface area contributed by atoms with E-state index in [-0.39, 0.29) is 11.9 Å². The minimum Gasteiger partial charge on any atom is -0.469 e. The van der Waals surface area contributed by atoms with Crippen LogP contribution >= 0.6 is 0 Å². The number of rotatable bonds is 6. The minimum absolute atomic E-state index is 0.137. The molecule has 0 saturated carbocycles. The van der Waals surface area contributed by atoms with Gasteiger partial charge in [0.15, 0.2) is 0 Å². The van der Waals surface area contributed by atoms with E-state index in [1.807, 2.05) is 4.90 Å². The molecule has 0 atom stereocenters. The number of amides is 1. The molecule has 0 bridgehead atoms. The van der Waals surface area contributed by atoms with E-state index in [1.54, 1.807) is 17.1 Å². The smallest absolute Gasteiger partial charge is 0.306 e. The fraction of sp³-hybridized carbons (Fsp3) is 0.692. The summed E-state index contributed by atoms with van der Waals surface area (Å²) in [5.41, 5.74) is 0. The van der Waals surface area contributed by atoms with E-state index in [2.05, 4.69) is 19.9 Å². The molecule has 0 aliphatic carbocycles. The standard InChI is InChI=1S/C13H21N5O3/c1-21-13(20)3-5-16-8-10-17(11-9-16)12(19)2-6-18-7-4-14-15-18/h4,7H,2-3,5-6,8-11H2,1H3. The molecule has 1 saturated heterocycles. The average Bonchev–Trinajstić information content (AvgIpc) is 3.04. The predicted octanol–water partition coefficient (Wildman–Crippen LogP) is -0.624. The quantitative estimate of drug-likeness (QED) is 0.650. The van der Waals surface area contributed by atoms with Gasteiger partial charge in [-0.2, -0.15) is 0 Å². The van der Waals surface area contributed by atoms with Crippen LogP contribution in [0.1, 0.15) is 12.8 Å². The van der Waals surface area contributed by atoms with Gasteiger partial charge in [-0.25, -0.2) is 0 Å². The van der Waals surface area contributed by atoms with Crippen LogP contribution in [0, 0.1) is 0 Å². The highest BCUT2D eigenvalue weighted by molar-refractivity contribution is 5.76. The summed E-state index contributed by atoms with van der Waals surface area (Å²) in [6.07, 6.45) is 4.19. The summed E-state index contributed by atoms with van der Waals surface area (Å²) in [4.78, 5) is 27.2. The van der Waals surface area contributed by atoms with Crippen LogP contribution < -0.4 is 0 Å². The molecule has 0 N–H and O–H groups in total. The Balaban J connectivity index is 1.66. The first kappa shape index (κ1) is 15.4. The third-order valence-corrected chi connectivity index (χ3v) is 3.61. The van der Waals surface area contributed by atoms with Gasteiger partial charge >= 0.3 is 5.97 Å². The Morgan fingerprint density at radius 3 is 2.52 bits per heavy atom. The molecule has 8 heteroatoms. The number of piperazine rings is 1. The molecule has 0 radical (unpaired) electrons. The van der Waals surface area contributed by atoms with Crippen LogP contribution in [0.25, 0.3) is 0 Å². The Morgan fingerprint density at radius 1 is 1.14 bits per heavy atom. The maximum absolute atomic E-state index is 12.1. The largest absolute Gasteiger partial charge is 0.469 e. The first-order chi connectivity index (χ1) is 10.2. The highest BCUT2D eigenvalue weighted by Crippen LogP contribution is 2.05. The molecule has 1 aromatic rings. The maximum atomic E-state index is 12.1. The maximum Gasteiger partial charge on any atom is 0.306 e. The van der Waals surface area contributed by atoms with Gasteiger partial charge < -0.3 is 9.64 Å². The lowest BCUT2D eigenvalue weighted by atomic mass is 10.2. The molecule has 1 aliphatic rings. The van der Waals surface area contributed by atoms with Crippen LogP contribution in [0.5, 0.6) is 0 Å². The number of hydrogen-bond acceptors (Lipinski definition) is 6. The number of aryl methyl sites for hydroxylation is 1. The molecule has 1 aliphatic heterocycles. The van der Waals surface area contributed by atoms with Gasteiger partial charge in [-0.3, -0.25) is 19.2 Å². The normalized spacial score (nSPS) is 16.0. The molecule has 0 spiro atoms. The third-order valence-electron chi connectivity index (χ3n) is 3.61. The van der Waals surface area contributed by atoms with Gasteiger partial charge in [0.25, 0.3) is 0 Å². The lowest BCUT2D eigenvalue weighted by Gasteiger charge is -2.34. The predicted molar refractivity (Wildman–Crippen MR) is 74.3 cm³/mol. The highest BCUT2D eigenvalue weighted by Gasteiger charge is 2.21. The van der Waals surface area contributed by atoms with Crippen LogP contribution in [0.15, 0.2) is 12.4 Å². The zero-order valence-corrected chi connectivity index (χ0v) is 12.3. The second-order valence-corrected chi connectivity index (χ2v) is 4.96. The summed E-state index contributed by atoms with van der Waals surface area (Å²) in [5.74, 6) is -0.0561. The molecule has 1 amide bonds. The molecule has 0 unspecified atom stereocenters. The number of carbonyl (C=O) groups is 2. The van der Waals surface area contributed by atoms with E-state index in [0.717, 1.165) is 13.1 Å². The van der Waals surface area contributed by atoms with E-state index >= 15 is 0 Å². The number of methoxy groups -OCH3 is 1. The molecule has 21 heavy (non-hydrogen) atoms. The van der Waals surface area contributed by atoms with Crippen molar-refractivity contribution < 1.29 is 14.3 Å². The summed E-state index contributed by atoms with van der Waals surface area (Å²) in [5, 5.41) is 7.55. The summed E-state index contributed by atoms with van der Waals surface area (Å²) in [7, 11) is 1.40. The fourth-order valence-corrected chi connectivity index (χ4v) is 2.29.